The molecule has 0 bridgehead atoms. The number of amides is 1. The predicted octanol–water partition coefficient (Wildman–Crippen LogP) is 4.50. The summed E-state index contributed by atoms with van der Waals surface area (Å²) in [6, 6.07) is 10.6. The zero-order valence-electron chi connectivity index (χ0n) is 15.1. The van der Waals surface area contributed by atoms with Crippen molar-refractivity contribution in [2.24, 2.45) is 0 Å². The molecule has 0 unspecified atom stereocenters. The molecule has 0 radical (unpaired) electrons. The van der Waals surface area contributed by atoms with Gasteiger partial charge < -0.3 is 5.32 Å². The first-order valence-corrected chi connectivity index (χ1v) is 8.68. The largest absolute Gasteiger partial charge is 0.319 e. The fourth-order valence-corrected chi connectivity index (χ4v) is 2.98. The summed E-state index contributed by atoms with van der Waals surface area (Å²) in [4.78, 5) is 22.9. The lowest BCUT2D eigenvalue weighted by atomic mass is 10.1. The van der Waals surface area contributed by atoms with Crippen LogP contribution in [0.4, 0.5) is 15.8 Å². The average molecular weight is 403 g/mol. The Morgan fingerprint density at radius 3 is 2.50 bits per heavy atom. The van der Waals surface area contributed by atoms with Crippen LogP contribution in [0.1, 0.15) is 27.3 Å². The third kappa shape index (κ3) is 4.01. The maximum absolute atomic E-state index is 13.8. The molecule has 0 atom stereocenters. The van der Waals surface area contributed by atoms with Gasteiger partial charge in [-0.1, -0.05) is 23.7 Å². The number of benzene rings is 2. The highest BCUT2D eigenvalue weighted by Gasteiger charge is 2.21. The van der Waals surface area contributed by atoms with E-state index < -0.39 is 16.6 Å². The number of carbonyl (C=O) groups is 1. The Morgan fingerprint density at radius 1 is 1.25 bits per heavy atom. The number of hydrogen-bond acceptors (Lipinski definition) is 4. The van der Waals surface area contributed by atoms with Gasteiger partial charge in [0.15, 0.2) is 0 Å². The van der Waals surface area contributed by atoms with Crippen molar-refractivity contribution >= 4 is 28.9 Å². The topological polar surface area (TPSA) is 90.1 Å². The SMILES string of the molecule is Cc1nn(Cc2ccc(C(=O)Nc3ccc(Cl)cc3F)cc2)c(C)c1[N+](=O)[O-]. The summed E-state index contributed by atoms with van der Waals surface area (Å²) in [5.41, 5.74) is 2.01. The van der Waals surface area contributed by atoms with Gasteiger partial charge in [0.2, 0.25) is 0 Å². The minimum atomic E-state index is -0.622. The molecule has 1 N–H and O–H groups in total. The number of aromatic nitrogens is 2. The lowest BCUT2D eigenvalue weighted by Crippen LogP contribution is -2.13. The second-order valence-electron chi connectivity index (χ2n) is 6.21. The van der Waals surface area contributed by atoms with E-state index >= 15 is 0 Å². The van der Waals surface area contributed by atoms with Crippen LogP contribution in [-0.4, -0.2) is 20.6 Å². The van der Waals surface area contributed by atoms with Crippen LogP contribution in [0.25, 0.3) is 0 Å². The highest BCUT2D eigenvalue weighted by molar-refractivity contribution is 6.30. The van der Waals surface area contributed by atoms with E-state index in [-0.39, 0.29) is 16.4 Å². The Bertz CT molecular complexity index is 1060. The summed E-state index contributed by atoms with van der Waals surface area (Å²) in [6.45, 7) is 3.56. The van der Waals surface area contributed by atoms with Crippen molar-refractivity contribution in [3.05, 3.63) is 85.9 Å². The van der Waals surface area contributed by atoms with Crippen molar-refractivity contribution in [2.45, 2.75) is 20.4 Å². The third-order valence-corrected chi connectivity index (χ3v) is 4.49. The number of nitrogens with zero attached hydrogens (tertiary/aromatic N) is 3. The van der Waals surface area contributed by atoms with Crippen LogP contribution in [0, 0.1) is 29.8 Å². The second-order valence-corrected chi connectivity index (χ2v) is 6.65. The number of halogens is 2. The van der Waals surface area contributed by atoms with E-state index in [0.717, 1.165) is 11.6 Å². The number of anilines is 1. The van der Waals surface area contributed by atoms with Gasteiger partial charge in [-0.15, -0.1) is 0 Å². The van der Waals surface area contributed by atoms with Crippen LogP contribution in [-0.2, 0) is 6.54 Å². The molecule has 3 rings (SSSR count). The Balaban J connectivity index is 1.74. The highest BCUT2D eigenvalue weighted by Crippen LogP contribution is 2.23. The van der Waals surface area contributed by atoms with Gasteiger partial charge in [-0.05, 0) is 49.7 Å². The van der Waals surface area contributed by atoms with E-state index in [1.165, 1.54) is 12.1 Å². The van der Waals surface area contributed by atoms with E-state index in [4.69, 9.17) is 11.6 Å². The van der Waals surface area contributed by atoms with Crippen molar-refractivity contribution in [2.75, 3.05) is 5.32 Å². The van der Waals surface area contributed by atoms with Gasteiger partial charge in [-0.3, -0.25) is 19.6 Å². The maximum Gasteiger partial charge on any atom is 0.312 e. The van der Waals surface area contributed by atoms with Crippen LogP contribution in [0.5, 0.6) is 0 Å². The average Bonchev–Trinajstić information content (AvgIpc) is 2.91. The first-order chi connectivity index (χ1) is 13.3. The third-order valence-electron chi connectivity index (χ3n) is 4.25. The van der Waals surface area contributed by atoms with Gasteiger partial charge in [0.25, 0.3) is 5.91 Å². The molecule has 7 nitrogen and oxygen atoms in total. The second kappa shape index (κ2) is 7.77. The summed E-state index contributed by atoms with van der Waals surface area (Å²) in [5.74, 6) is -1.09. The van der Waals surface area contributed by atoms with Gasteiger partial charge in [-0.25, -0.2) is 4.39 Å². The van der Waals surface area contributed by atoms with Crippen LogP contribution >= 0.6 is 11.6 Å². The monoisotopic (exact) mass is 402 g/mol. The standard InChI is InChI=1S/C19H16ClFN4O3/c1-11-18(25(27)28)12(2)24(23-11)10-13-3-5-14(6-4-13)19(26)22-17-8-7-15(20)9-16(17)21/h3-9H,10H2,1-2H3,(H,22,26). The van der Waals surface area contributed by atoms with Crippen molar-refractivity contribution in [3.8, 4) is 0 Å². The van der Waals surface area contributed by atoms with Crippen LogP contribution in [0.3, 0.4) is 0 Å². The van der Waals surface area contributed by atoms with Gasteiger partial charge in [0.1, 0.15) is 17.2 Å². The van der Waals surface area contributed by atoms with Gasteiger partial charge >= 0.3 is 5.69 Å². The van der Waals surface area contributed by atoms with E-state index in [9.17, 15) is 19.3 Å². The molecule has 2 aromatic carbocycles. The Labute approximate surface area is 164 Å². The van der Waals surface area contributed by atoms with E-state index in [2.05, 4.69) is 10.4 Å². The molecule has 3 aromatic rings. The van der Waals surface area contributed by atoms with E-state index in [0.29, 0.717) is 23.5 Å². The number of carbonyl (C=O) groups excluding carboxylic acids is 1. The molecule has 0 aliphatic carbocycles. The van der Waals surface area contributed by atoms with Gasteiger partial charge in [-0.2, -0.15) is 5.10 Å². The van der Waals surface area contributed by atoms with E-state index in [1.807, 2.05) is 0 Å². The summed E-state index contributed by atoms with van der Waals surface area (Å²) >= 11 is 5.70. The fraction of sp³-hybridized carbons (Fsp3) is 0.158. The molecule has 0 fully saturated rings. The normalized spacial score (nSPS) is 10.7. The van der Waals surface area contributed by atoms with Gasteiger partial charge in [0, 0.05) is 10.6 Å². The summed E-state index contributed by atoms with van der Waals surface area (Å²) in [5, 5.41) is 18.0. The molecule has 144 valence electrons. The molecule has 1 amide bonds. The number of rotatable bonds is 5. The molecule has 0 aliphatic heterocycles. The highest BCUT2D eigenvalue weighted by atomic mass is 35.5. The zero-order chi connectivity index (χ0) is 20.4. The van der Waals surface area contributed by atoms with Crippen molar-refractivity contribution in [1.82, 2.24) is 9.78 Å². The molecule has 0 saturated heterocycles. The smallest absolute Gasteiger partial charge is 0.312 e. The molecule has 0 aliphatic rings. The molecular weight excluding hydrogens is 387 g/mol. The number of hydrogen-bond donors (Lipinski definition) is 1. The lowest BCUT2D eigenvalue weighted by Gasteiger charge is -2.08. The Hall–Kier alpha value is -3.26. The van der Waals surface area contributed by atoms with Crippen molar-refractivity contribution in [1.29, 1.82) is 0 Å². The van der Waals surface area contributed by atoms with Crippen molar-refractivity contribution < 1.29 is 14.1 Å². The zero-order valence-corrected chi connectivity index (χ0v) is 15.8. The number of nitro groups is 1. The molecule has 0 saturated carbocycles. The first-order valence-electron chi connectivity index (χ1n) is 8.30. The Kier molecular flexibility index (Phi) is 5.41. The summed E-state index contributed by atoms with van der Waals surface area (Å²) in [7, 11) is 0. The molecule has 1 heterocycles. The van der Waals surface area contributed by atoms with Crippen LogP contribution in [0.2, 0.25) is 5.02 Å². The molecule has 9 heteroatoms. The summed E-state index contributed by atoms with van der Waals surface area (Å²) < 4.78 is 15.4. The maximum atomic E-state index is 13.8. The minimum Gasteiger partial charge on any atom is -0.319 e. The van der Waals surface area contributed by atoms with Crippen LogP contribution < -0.4 is 5.32 Å². The van der Waals surface area contributed by atoms with Crippen molar-refractivity contribution in [3.63, 3.8) is 0 Å². The van der Waals surface area contributed by atoms with E-state index in [1.54, 1.807) is 42.8 Å². The minimum absolute atomic E-state index is 0.000916. The first kappa shape index (κ1) is 19.5. The number of nitrogens with one attached hydrogen (secondary N) is 1. The number of aryl methyl sites for hydroxylation is 1. The molecule has 0 spiro atoms. The fourth-order valence-electron chi connectivity index (χ4n) is 2.83. The molecule has 1 aromatic heterocycles. The molecule has 28 heavy (non-hydrogen) atoms. The van der Waals surface area contributed by atoms with Gasteiger partial charge in [0.05, 0.1) is 17.2 Å². The van der Waals surface area contributed by atoms with Crippen LogP contribution in [0.15, 0.2) is 42.5 Å². The Morgan fingerprint density at radius 2 is 1.93 bits per heavy atom. The summed E-state index contributed by atoms with van der Waals surface area (Å²) in [6.07, 6.45) is 0. The quantitative estimate of drug-likeness (QED) is 0.502. The molecular formula is C19H16ClFN4O3. The lowest BCUT2D eigenvalue weighted by molar-refractivity contribution is -0.386. The predicted molar refractivity (Wildman–Crippen MR) is 103 cm³/mol.